The van der Waals surface area contributed by atoms with E-state index < -0.39 is 0 Å². The second kappa shape index (κ2) is 5.29. The first-order valence-corrected chi connectivity index (χ1v) is 6.34. The zero-order chi connectivity index (χ0) is 11.4. The lowest BCUT2D eigenvalue weighted by Crippen LogP contribution is -2.15. The molecule has 1 fully saturated rings. The van der Waals surface area contributed by atoms with Gasteiger partial charge in [-0.1, -0.05) is 37.1 Å². The largest absolute Gasteiger partial charge is 0.299 e. The molecule has 0 radical (unpaired) electrons. The fourth-order valence-electron chi connectivity index (χ4n) is 2.55. The summed E-state index contributed by atoms with van der Waals surface area (Å²) in [4.78, 5) is 11.9. The number of ketones is 1. The molecule has 1 aromatic rings. The molecule has 2 rings (SSSR count). The van der Waals surface area contributed by atoms with Gasteiger partial charge < -0.3 is 0 Å². The number of aryl methyl sites for hydroxylation is 1. The average Bonchev–Trinajstić information content (AvgIpc) is 2.48. The van der Waals surface area contributed by atoms with E-state index in [1.807, 2.05) is 0 Å². The molecule has 1 aliphatic rings. The van der Waals surface area contributed by atoms with Crippen molar-refractivity contribution in [2.45, 2.75) is 45.4 Å². The molecule has 1 atom stereocenters. The molecule has 0 N–H and O–H groups in total. The molecule has 0 amide bonds. The number of rotatable bonds is 2. The molecular formula is C15H20O. The topological polar surface area (TPSA) is 17.1 Å². The lowest BCUT2D eigenvalue weighted by Gasteiger charge is -2.14. The van der Waals surface area contributed by atoms with Gasteiger partial charge in [0, 0.05) is 12.3 Å². The Morgan fingerprint density at radius 1 is 1.19 bits per heavy atom. The first-order valence-electron chi connectivity index (χ1n) is 6.34. The first kappa shape index (κ1) is 11.4. The maximum atomic E-state index is 11.9. The van der Waals surface area contributed by atoms with E-state index in [0.29, 0.717) is 5.78 Å². The first-order chi connectivity index (χ1) is 7.77. The highest BCUT2D eigenvalue weighted by atomic mass is 16.1. The van der Waals surface area contributed by atoms with Gasteiger partial charge >= 0.3 is 0 Å². The third-order valence-electron chi connectivity index (χ3n) is 3.66. The average molecular weight is 216 g/mol. The van der Waals surface area contributed by atoms with Crippen LogP contribution in [0.25, 0.3) is 0 Å². The second-order valence-corrected chi connectivity index (χ2v) is 4.89. The van der Waals surface area contributed by atoms with Crippen LogP contribution in [-0.2, 0) is 11.2 Å². The van der Waals surface area contributed by atoms with Crippen molar-refractivity contribution in [2.24, 2.45) is 5.92 Å². The van der Waals surface area contributed by atoms with Gasteiger partial charge in [0.1, 0.15) is 5.78 Å². The van der Waals surface area contributed by atoms with E-state index in [-0.39, 0.29) is 5.92 Å². The van der Waals surface area contributed by atoms with Crippen molar-refractivity contribution >= 4 is 5.78 Å². The molecule has 1 nitrogen and oxygen atoms in total. The Hall–Kier alpha value is -1.11. The third kappa shape index (κ3) is 2.72. The summed E-state index contributed by atoms with van der Waals surface area (Å²) < 4.78 is 0. The monoisotopic (exact) mass is 216 g/mol. The van der Waals surface area contributed by atoms with Crippen LogP contribution in [0, 0.1) is 12.8 Å². The number of hydrogen-bond donors (Lipinski definition) is 0. The lowest BCUT2D eigenvalue weighted by atomic mass is 9.90. The molecule has 86 valence electrons. The van der Waals surface area contributed by atoms with Crippen LogP contribution in [0.4, 0.5) is 0 Å². The molecular weight excluding hydrogens is 196 g/mol. The van der Waals surface area contributed by atoms with Gasteiger partial charge in [-0.15, -0.1) is 0 Å². The second-order valence-electron chi connectivity index (χ2n) is 4.89. The SMILES string of the molecule is Cc1ccccc1C[C@H]1CCCCCC1=O. The quantitative estimate of drug-likeness (QED) is 0.689. The normalized spacial score (nSPS) is 21.8. The highest BCUT2D eigenvalue weighted by Crippen LogP contribution is 2.24. The summed E-state index contributed by atoms with van der Waals surface area (Å²) in [5, 5.41) is 0. The molecule has 1 heteroatoms. The van der Waals surface area contributed by atoms with Gasteiger partial charge in [-0.05, 0) is 37.3 Å². The predicted octanol–water partition coefficient (Wildman–Crippen LogP) is 3.69. The minimum absolute atomic E-state index is 0.281. The summed E-state index contributed by atoms with van der Waals surface area (Å²) in [6.07, 6.45) is 6.40. The molecule has 0 saturated heterocycles. The van der Waals surface area contributed by atoms with Gasteiger partial charge in [0.25, 0.3) is 0 Å². The zero-order valence-corrected chi connectivity index (χ0v) is 10.0. The van der Waals surface area contributed by atoms with Crippen LogP contribution in [0.2, 0.25) is 0 Å². The molecule has 1 saturated carbocycles. The minimum atomic E-state index is 0.281. The Morgan fingerprint density at radius 2 is 2.00 bits per heavy atom. The van der Waals surface area contributed by atoms with Crippen molar-refractivity contribution in [3.8, 4) is 0 Å². The van der Waals surface area contributed by atoms with E-state index in [1.165, 1.54) is 24.0 Å². The van der Waals surface area contributed by atoms with Gasteiger partial charge in [-0.3, -0.25) is 4.79 Å². The molecule has 0 unspecified atom stereocenters. The van der Waals surface area contributed by atoms with Crippen LogP contribution in [0.1, 0.15) is 43.2 Å². The smallest absolute Gasteiger partial charge is 0.136 e. The number of benzene rings is 1. The summed E-state index contributed by atoms with van der Waals surface area (Å²) >= 11 is 0. The van der Waals surface area contributed by atoms with E-state index in [2.05, 4.69) is 31.2 Å². The summed E-state index contributed by atoms with van der Waals surface area (Å²) in [7, 11) is 0. The van der Waals surface area contributed by atoms with Crippen LogP contribution in [0.15, 0.2) is 24.3 Å². The third-order valence-corrected chi connectivity index (χ3v) is 3.66. The summed E-state index contributed by atoms with van der Waals surface area (Å²) in [5.74, 6) is 0.768. The van der Waals surface area contributed by atoms with Crippen molar-refractivity contribution in [1.29, 1.82) is 0 Å². The molecule has 0 spiro atoms. The Labute approximate surface area is 97.9 Å². The van der Waals surface area contributed by atoms with Crippen LogP contribution in [0.5, 0.6) is 0 Å². The maximum Gasteiger partial charge on any atom is 0.136 e. The van der Waals surface area contributed by atoms with Crippen molar-refractivity contribution in [1.82, 2.24) is 0 Å². The minimum Gasteiger partial charge on any atom is -0.299 e. The Balaban J connectivity index is 2.08. The zero-order valence-electron chi connectivity index (χ0n) is 10.0. The van der Waals surface area contributed by atoms with Gasteiger partial charge in [0.15, 0.2) is 0 Å². The van der Waals surface area contributed by atoms with Crippen LogP contribution < -0.4 is 0 Å². The number of Topliss-reactive ketones (excluding diaryl/α,β-unsaturated/α-hetero) is 1. The highest BCUT2D eigenvalue weighted by Gasteiger charge is 2.21. The number of carbonyl (C=O) groups excluding carboxylic acids is 1. The van der Waals surface area contributed by atoms with Gasteiger partial charge in [-0.25, -0.2) is 0 Å². The molecule has 0 bridgehead atoms. The van der Waals surface area contributed by atoms with Crippen molar-refractivity contribution in [3.05, 3.63) is 35.4 Å². The van der Waals surface area contributed by atoms with Gasteiger partial charge in [0.2, 0.25) is 0 Å². The number of carbonyl (C=O) groups is 1. The predicted molar refractivity (Wildman–Crippen MR) is 66.5 cm³/mol. The van der Waals surface area contributed by atoms with E-state index in [4.69, 9.17) is 0 Å². The summed E-state index contributed by atoms with van der Waals surface area (Å²) in [6, 6.07) is 8.43. The fourth-order valence-corrected chi connectivity index (χ4v) is 2.55. The van der Waals surface area contributed by atoms with Crippen molar-refractivity contribution in [2.75, 3.05) is 0 Å². The number of hydrogen-bond acceptors (Lipinski definition) is 1. The van der Waals surface area contributed by atoms with Crippen molar-refractivity contribution < 1.29 is 4.79 Å². The molecule has 0 aromatic heterocycles. The van der Waals surface area contributed by atoms with Crippen molar-refractivity contribution in [3.63, 3.8) is 0 Å². The van der Waals surface area contributed by atoms with E-state index >= 15 is 0 Å². The summed E-state index contributed by atoms with van der Waals surface area (Å²) in [5.41, 5.74) is 2.67. The Kier molecular flexibility index (Phi) is 3.76. The van der Waals surface area contributed by atoms with E-state index in [0.717, 1.165) is 25.7 Å². The van der Waals surface area contributed by atoms with Crippen LogP contribution >= 0.6 is 0 Å². The van der Waals surface area contributed by atoms with Gasteiger partial charge in [0.05, 0.1) is 0 Å². The molecule has 1 aliphatic carbocycles. The lowest BCUT2D eigenvalue weighted by molar-refractivity contribution is -0.122. The van der Waals surface area contributed by atoms with Gasteiger partial charge in [-0.2, -0.15) is 0 Å². The van der Waals surface area contributed by atoms with E-state index in [1.54, 1.807) is 0 Å². The molecule has 16 heavy (non-hydrogen) atoms. The molecule has 0 heterocycles. The standard InChI is InChI=1S/C15H20O/c1-12-7-5-6-8-13(12)11-14-9-3-2-4-10-15(14)16/h5-8,14H,2-4,9-11H2,1H3/t14-/m1/s1. The maximum absolute atomic E-state index is 11.9. The Bertz CT molecular complexity index is 367. The highest BCUT2D eigenvalue weighted by molar-refractivity contribution is 5.81. The molecule has 1 aromatic carbocycles. The fraction of sp³-hybridized carbons (Fsp3) is 0.533. The summed E-state index contributed by atoms with van der Waals surface area (Å²) in [6.45, 7) is 2.14. The van der Waals surface area contributed by atoms with E-state index in [9.17, 15) is 4.79 Å². The molecule has 0 aliphatic heterocycles. The van der Waals surface area contributed by atoms with Crippen LogP contribution in [-0.4, -0.2) is 5.78 Å². The van der Waals surface area contributed by atoms with Crippen LogP contribution in [0.3, 0.4) is 0 Å². The Morgan fingerprint density at radius 3 is 2.81 bits per heavy atom.